The van der Waals surface area contributed by atoms with Gasteiger partial charge in [-0.15, -0.1) is 12.4 Å². The number of benzene rings is 2. The molecule has 36 heavy (non-hydrogen) atoms. The highest BCUT2D eigenvalue weighted by Gasteiger charge is 2.62. The molecule has 1 heterocycles. The Balaban J connectivity index is 0.00000240. The fourth-order valence-corrected chi connectivity index (χ4v) is 10.2. The van der Waals surface area contributed by atoms with Crippen LogP contribution in [0.15, 0.2) is 54.6 Å². The van der Waals surface area contributed by atoms with E-state index in [0.29, 0.717) is 16.7 Å². The molecule has 2 aromatic carbocycles. The molecule has 6 aliphatic rings. The van der Waals surface area contributed by atoms with Gasteiger partial charge in [0.15, 0.2) is 0 Å². The maximum atomic E-state index is 2.58. The van der Waals surface area contributed by atoms with Crippen molar-refractivity contribution in [2.75, 3.05) is 38.1 Å². The van der Waals surface area contributed by atoms with Gasteiger partial charge < -0.3 is 9.80 Å². The molecule has 0 radical (unpaired) electrons. The molecule has 1 aliphatic heterocycles. The first kappa shape index (κ1) is 24.8. The van der Waals surface area contributed by atoms with E-state index >= 15 is 0 Å². The number of rotatable bonds is 5. The normalized spacial score (nSPS) is 35.1. The van der Waals surface area contributed by atoms with Crippen LogP contribution in [0.2, 0.25) is 0 Å². The Kier molecular flexibility index (Phi) is 6.66. The third kappa shape index (κ3) is 4.21. The molecule has 4 bridgehead atoms. The van der Waals surface area contributed by atoms with Gasteiger partial charge in [-0.2, -0.15) is 0 Å². The van der Waals surface area contributed by atoms with Crippen molar-refractivity contribution < 1.29 is 0 Å². The van der Waals surface area contributed by atoms with Gasteiger partial charge in [0.1, 0.15) is 0 Å². The van der Waals surface area contributed by atoms with Crippen LogP contribution < -0.4 is 4.90 Å². The molecule has 194 valence electrons. The lowest BCUT2D eigenvalue weighted by atomic mass is 9.38. The first-order valence-electron chi connectivity index (χ1n) is 14.7. The van der Waals surface area contributed by atoms with Crippen molar-refractivity contribution in [2.24, 2.45) is 28.6 Å². The first-order chi connectivity index (χ1) is 17.1. The van der Waals surface area contributed by atoms with E-state index < -0.39 is 0 Å². The Hall–Kier alpha value is -1.51. The summed E-state index contributed by atoms with van der Waals surface area (Å²) >= 11 is 0. The van der Waals surface area contributed by atoms with Crippen LogP contribution in [0.4, 0.5) is 5.69 Å². The predicted molar refractivity (Wildman–Crippen MR) is 153 cm³/mol. The number of halogens is 1. The van der Waals surface area contributed by atoms with Crippen molar-refractivity contribution >= 4 is 18.1 Å². The van der Waals surface area contributed by atoms with E-state index in [2.05, 4.69) is 71.4 Å². The summed E-state index contributed by atoms with van der Waals surface area (Å²) in [7, 11) is 2.24. The predicted octanol–water partition coefficient (Wildman–Crippen LogP) is 7.77. The van der Waals surface area contributed by atoms with Crippen molar-refractivity contribution in [3.63, 3.8) is 0 Å². The quantitative estimate of drug-likeness (QED) is 0.410. The summed E-state index contributed by atoms with van der Waals surface area (Å²) in [5.74, 6) is 3.53. The maximum absolute atomic E-state index is 2.58. The van der Waals surface area contributed by atoms with E-state index in [-0.39, 0.29) is 12.4 Å². The molecular formula is C33H45ClN2. The van der Waals surface area contributed by atoms with Gasteiger partial charge in [-0.05, 0) is 110 Å². The molecule has 8 rings (SSSR count). The van der Waals surface area contributed by atoms with E-state index in [9.17, 15) is 0 Å². The molecule has 3 heteroatoms. The lowest BCUT2D eigenvalue weighted by Gasteiger charge is -2.66. The lowest BCUT2D eigenvalue weighted by Crippen LogP contribution is -2.56. The second-order valence-electron chi connectivity index (χ2n) is 13.4. The summed E-state index contributed by atoms with van der Waals surface area (Å²) in [5, 5.41) is 0. The van der Waals surface area contributed by atoms with Crippen LogP contribution in [-0.2, 0) is 0 Å². The summed E-state index contributed by atoms with van der Waals surface area (Å²) < 4.78 is 0. The summed E-state index contributed by atoms with van der Waals surface area (Å²) in [6.07, 6.45) is 15.1. The van der Waals surface area contributed by atoms with Gasteiger partial charge in [0.2, 0.25) is 0 Å². The van der Waals surface area contributed by atoms with Crippen LogP contribution in [0.5, 0.6) is 0 Å². The molecule has 2 nitrogen and oxygen atoms in total. The Bertz CT molecular complexity index is 1010. The van der Waals surface area contributed by atoms with E-state index in [1.165, 1.54) is 70.1 Å². The van der Waals surface area contributed by atoms with Crippen molar-refractivity contribution in [3.8, 4) is 0 Å². The minimum absolute atomic E-state index is 0. The second kappa shape index (κ2) is 9.66. The zero-order chi connectivity index (χ0) is 23.5. The van der Waals surface area contributed by atoms with E-state index in [0.717, 1.165) is 30.8 Å². The molecule has 5 saturated carbocycles. The van der Waals surface area contributed by atoms with Gasteiger partial charge in [0.25, 0.3) is 0 Å². The van der Waals surface area contributed by atoms with E-state index in [1.54, 1.807) is 24.0 Å². The number of likely N-dealkylation sites (N-methyl/N-ethyl adjacent to an activating group) is 1. The summed E-state index contributed by atoms with van der Waals surface area (Å²) in [6.45, 7) is 4.64. The largest absolute Gasteiger partial charge is 0.369 e. The van der Waals surface area contributed by atoms with Gasteiger partial charge in [-0.25, -0.2) is 0 Å². The zero-order valence-corrected chi connectivity index (χ0v) is 23.0. The third-order valence-electron chi connectivity index (χ3n) is 11.2. The van der Waals surface area contributed by atoms with Crippen molar-refractivity contribution in [1.82, 2.24) is 4.90 Å². The molecule has 6 fully saturated rings. The van der Waals surface area contributed by atoms with Crippen LogP contribution in [0, 0.1) is 28.6 Å². The highest BCUT2D eigenvalue weighted by molar-refractivity contribution is 5.85. The Morgan fingerprint density at radius 3 is 2.00 bits per heavy atom. The van der Waals surface area contributed by atoms with Crippen LogP contribution in [-0.4, -0.2) is 38.1 Å². The summed E-state index contributed by atoms with van der Waals surface area (Å²) in [6, 6.07) is 21.6. The molecule has 1 saturated heterocycles. The monoisotopic (exact) mass is 504 g/mol. The summed E-state index contributed by atoms with van der Waals surface area (Å²) in [4.78, 5) is 5.03. The average Bonchev–Trinajstić information content (AvgIpc) is 3.41. The van der Waals surface area contributed by atoms with Crippen molar-refractivity contribution in [2.45, 2.75) is 70.1 Å². The van der Waals surface area contributed by atoms with Gasteiger partial charge in [-0.3, -0.25) is 0 Å². The van der Waals surface area contributed by atoms with Gasteiger partial charge in [-0.1, -0.05) is 55.3 Å². The fourth-order valence-electron chi connectivity index (χ4n) is 10.2. The zero-order valence-electron chi connectivity index (χ0n) is 22.2. The van der Waals surface area contributed by atoms with Gasteiger partial charge >= 0.3 is 0 Å². The Morgan fingerprint density at radius 1 is 0.750 bits per heavy atom. The number of piperazine rings is 1. The van der Waals surface area contributed by atoms with Crippen molar-refractivity contribution in [1.29, 1.82) is 0 Å². The number of nitrogens with zero attached hydrogens (tertiary/aromatic N) is 2. The average molecular weight is 505 g/mol. The van der Waals surface area contributed by atoms with Crippen LogP contribution in [0.1, 0.15) is 81.3 Å². The molecule has 3 unspecified atom stereocenters. The highest BCUT2D eigenvalue weighted by Crippen LogP contribution is 2.72. The van der Waals surface area contributed by atoms with Gasteiger partial charge in [0.05, 0.1) is 0 Å². The van der Waals surface area contributed by atoms with Crippen LogP contribution in [0.3, 0.4) is 0 Å². The number of hydrogen-bond acceptors (Lipinski definition) is 2. The minimum atomic E-state index is 0. The topological polar surface area (TPSA) is 6.48 Å². The van der Waals surface area contributed by atoms with Crippen LogP contribution >= 0.6 is 12.4 Å². The number of anilines is 1. The lowest BCUT2D eigenvalue weighted by molar-refractivity contribution is -0.141. The molecule has 0 spiro atoms. The Morgan fingerprint density at radius 2 is 1.36 bits per heavy atom. The standard InChI is InChI=1S/C33H44N2.ClH/c1-34-15-17-35(18-16-34)30-13-11-28(12-14-30)31(27-7-3-2-4-8-27)33-22-25-19-26(23-33)21-32(20-25,24-33)29-9-5-6-10-29;/h2-4,7-8,11-14,25-26,29,31H,5-6,9-10,15-24H2,1H3;1H. The second-order valence-corrected chi connectivity index (χ2v) is 13.4. The molecule has 0 aromatic heterocycles. The van der Waals surface area contributed by atoms with Crippen LogP contribution in [0.25, 0.3) is 0 Å². The van der Waals surface area contributed by atoms with E-state index in [4.69, 9.17) is 0 Å². The highest BCUT2D eigenvalue weighted by atomic mass is 35.5. The Labute approximate surface area is 225 Å². The molecule has 3 atom stereocenters. The van der Waals surface area contributed by atoms with E-state index in [1.807, 2.05) is 0 Å². The maximum Gasteiger partial charge on any atom is 0.0367 e. The molecule has 0 N–H and O–H groups in total. The molecular weight excluding hydrogens is 460 g/mol. The number of hydrogen-bond donors (Lipinski definition) is 0. The SMILES string of the molecule is CN1CCN(c2ccc(C(c3ccccc3)C34CC5CC(CC(C6CCCC6)(C5)C3)C4)cc2)CC1.Cl. The minimum Gasteiger partial charge on any atom is -0.369 e. The fraction of sp³-hybridized carbons (Fsp3) is 0.636. The van der Waals surface area contributed by atoms with Crippen molar-refractivity contribution in [3.05, 3.63) is 65.7 Å². The molecule has 2 aromatic rings. The molecule has 5 aliphatic carbocycles. The van der Waals surface area contributed by atoms with Gasteiger partial charge in [0, 0.05) is 37.8 Å². The molecule has 0 amide bonds. The first-order valence-corrected chi connectivity index (χ1v) is 14.7. The third-order valence-corrected chi connectivity index (χ3v) is 11.2. The summed E-state index contributed by atoms with van der Waals surface area (Å²) in [5.41, 5.74) is 5.69. The smallest absolute Gasteiger partial charge is 0.0367 e.